The van der Waals surface area contributed by atoms with E-state index in [1.165, 1.54) is 12.4 Å². The zero-order chi connectivity index (χ0) is 5.98. The van der Waals surface area contributed by atoms with Crippen molar-refractivity contribution in [3.8, 4) is 0 Å². The van der Waals surface area contributed by atoms with E-state index in [2.05, 4.69) is 10.2 Å². The van der Waals surface area contributed by atoms with Gasteiger partial charge in [0.05, 0.1) is 11.8 Å². The van der Waals surface area contributed by atoms with Crippen molar-refractivity contribution in [3.63, 3.8) is 0 Å². The second-order valence-corrected chi connectivity index (χ2v) is 1.09. The Labute approximate surface area is 41.8 Å². The van der Waals surface area contributed by atoms with E-state index in [-0.39, 0.29) is 0 Å². The summed E-state index contributed by atoms with van der Waals surface area (Å²) in [6.07, 6.45) is 1.99. The number of aldehydes is 1. The van der Waals surface area contributed by atoms with E-state index in [4.69, 9.17) is 1.37 Å². The largest absolute Gasteiger partial charge is 0.298 e. The summed E-state index contributed by atoms with van der Waals surface area (Å²) in [7, 11) is 0. The molecule has 36 valence electrons. The summed E-state index contributed by atoms with van der Waals surface area (Å²) < 4.78 is 6.54. The number of nitrogens with zero attached hydrogens (tertiary/aromatic N) is 1. The van der Waals surface area contributed by atoms with Crippen LogP contribution in [0.5, 0.6) is 0 Å². The van der Waals surface area contributed by atoms with Crippen molar-refractivity contribution in [2.75, 3.05) is 0 Å². The number of aromatic amines is 1. The molecular formula is C4H4N2O. The normalized spacial score (nSPS) is 10.6. The average Bonchev–Trinajstić information content (AvgIpc) is 2.12. The summed E-state index contributed by atoms with van der Waals surface area (Å²) in [5.41, 5.74) is 0.296. The molecule has 0 aliphatic carbocycles. The molecule has 0 unspecified atom stereocenters. The molecule has 0 saturated heterocycles. The molecule has 0 spiro atoms. The molecule has 1 rings (SSSR count). The van der Waals surface area contributed by atoms with Crippen LogP contribution >= 0.6 is 0 Å². The molecule has 0 fully saturated rings. The van der Waals surface area contributed by atoms with E-state index in [1.807, 2.05) is 0 Å². The van der Waals surface area contributed by atoms with Crippen molar-refractivity contribution >= 4 is 6.26 Å². The molecule has 7 heavy (non-hydrogen) atoms. The zero-order valence-electron chi connectivity index (χ0n) is 4.51. The highest BCUT2D eigenvalue weighted by Crippen LogP contribution is 1.83. The maximum atomic E-state index is 10.1. The molecule has 1 aromatic heterocycles. The summed E-state index contributed by atoms with van der Waals surface area (Å²) in [5.74, 6) is 0. The van der Waals surface area contributed by atoms with Gasteiger partial charge in [-0.3, -0.25) is 9.89 Å². The molecule has 3 nitrogen and oxygen atoms in total. The molecule has 0 aromatic carbocycles. The van der Waals surface area contributed by atoms with Gasteiger partial charge in [0, 0.05) is 6.20 Å². The van der Waals surface area contributed by atoms with E-state index in [0.29, 0.717) is 5.56 Å². The molecule has 0 radical (unpaired) electrons. The van der Waals surface area contributed by atoms with Gasteiger partial charge in [0.1, 0.15) is 1.37 Å². The Hall–Kier alpha value is -1.12. The highest BCUT2D eigenvalue weighted by Gasteiger charge is 1.83. The maximum Gasteiger partial charge on any atom is 0.153 e. The monoisotopic (exact) mass is 97.0 g/mol. The van der Waals surface area contributed by atoms with Crippen LogP contribution in [0, 0.1) is 0 Å². The summed E-state index contributed by atoms with van der Waals surface area (Å²) in [6.45, 7) is 0. The second kappa shape index (κ2) is 1.55. The lowest BCUT2D eigenvalue weighted by molar-refractivity contribution is 0.112. The van der Waals surface area contributed by atoms with Crippen molar-refractivity contribution < 1.29 is 6.17 Å². The van der Waals surface area contributed by atoms with Gasteiger partial charge in [-0.15, -0.1) is 0 Å². The van der Waals surface area contributed by atoms with Gasteiger partial charge in [0.25, 0.3) is 0 Å². The fourth-order valence-corrected chi connectivity index (χ4v) is 0.307. The quantitative estimate of drug-likeness (QED) is 0.509. The van der Waals surface area contributed by atoms with E-state index < -0.39 is 6.26 Å². The van der Waals surface area contributed by atoms with Crippen LogP contribution in [-0.4, -0.2) is 16.5 Å². The lowest BCUT2D eigenvalue weighted by Crippen LogP contribution is -1.66. The van der Waals surface area contributed by atoms with Crippen LogP contribution < -0.4 is 0 Å². The number of hydrogen-bond donors (Lipinski definition) is 1. The summed E-state index contributed by atoms with van der Waals surface area (Å²) >= 11 is 0. The van der Waals surface area contributed by atoms with Gasteiger partial charge >= 0.3 is 0 Å². The predicted octanol–water partition coefficient (Wildman–Crippen LogP) is 0.222. The van der Waals surface area contributed by atoms with Crippen LogP contribution in [0.2, 0.25) is 0 Å². The minimum absolute atomic E-state index is 0.296. The molecule has 3 heteroatoms. The molecule has 0 aliphatic rings. The Bertz CT molecular complexity index is 182. The fourth-order valence-electron chi connectivity index (χ4n) is 0.307. The summed E-state index contributed by atoms with van der Waals surface area (Å²) in [4.78, 5) is 10.1. The van der Waals surface area contributed by atoms with Gasteiger partial charge in [-0.25, -0.2) is 0 Å². The topological polar surface area (TPSA) is 45.8 Å². The van der Waals surface area contributed by atoms with Crippen LogP contribution in [0.4, 0.5) is 0 Å². The van der Waals surface area contributed by atoms with Crippen LogP contribution in [0.1, 0.15) is 11.7 Å². The Kier molecular flexibility index (Phi) is 0.656. The number of rotatable bonds is 1. The zero-order valence-corrected chi connectivity index (χ0v) is 3.51. The molecule has 1 N–H and O–H groups in total. The van der Waals surface area contributed by atoms with Gasteiger partial charge < -0.3 is 0 Å². The third-order valence-electron chi connectivity index (χ3n) is 0.616. The van der Waals surface area contributed by atoms with Gasteiger partial charge in [-0.05, 0) is 0 Å². The van der Waals surface area contributed by atoms with Crippen molar-refractivity contribution in [3.05, 3.63) is 18.0 Å². The first-order valence-corrected chi connectivity index (χ1v) is 1.80. The van der Waals surface area contributed by atoms with Gasteiger partial charge in [-0.1, -0.05) is 0 Å². The highest BCUT2D eigenvalue weighted by atomic mass is 16.1. The number of hydrogen-bond acceptors (Lipinski definition) is 2. The Morgan fingerprint density at radius 2 is 3.00 bits per heavy atom. The number of carbonyl (C=O) groups is 1. The summed E-state index contributed by atoms with van der Waals surface area (Å²) in [5, 5.41) is 5.90. The molecule has 0 atom stereocenters. The minimum atomic E-state index is -0.709. The third kappa shape index (κ3) is 0.652. The fraction of sp³-hybridized carbons (Fsp3) is 0. The Morgan fingerprint density at radius 1 is 2.14 bits per heavy atom. The average molecular weight is 97.1 g/mol. The minimum Gasteiger partial charge on any atom is -0.298 e. The predicted molar refractivity (Wildman–Crippen MR) is 24.0 cm³/mol. The van der Waals surface area contributed by atoms with E-state index in [1.54, 1.807) is 0 Å². The van der Waals surface area contributed by atoms with E-state index in [9.17, 15) is 4.79 Å². The van der Waals surface area contributed by atoms with Gasteiger partial charge in [0.15, 0.2) is 6.26 Å². The Morgan fingerprint density at radius 3 is 3.29 bits per heavy atom. The van der Waals surface area contributed by atoms with Crippen LogP contribution in [0.25, 0.3) is 0 Å². The van der Waals surface area contributed by atoms with E-state index in [0.717, 1.165) is 0 Å². The molecule has 0 aliphatic heterocycles. The second-order valence-electron chi connectivity index (χ2n) is 1.09. The van der Waals surface area contributed by atoms with Crippen molar-refractivity contribution in [2.24, 2.45) is 0 Å². The molecule has 0 saturated carbocycles. The first-order chi connectivity index (χ1) is 3.80. The first kappa shape index (κ1) is 2.96. The van der Waals surface area contributed by atoms with Crippen LogP contribution in [0.3, 0.4) is 0 Å². The lowest BCUT2D eigenvalue weighted by atomic mass is 10.4. The van der Waals surface area contributed by atoms with Gasteiger partial charge in [-0.2, -0.15) is 5.10 Å². The van der Waals surface area contributed by atoms with Crippen molar-refractivity contribution in [2.45, 2.75) is 0 Å². The highest BCUT2D eigenvalue weighted by molar-refractivity contribution is 5.73. The third-order valence-corrected chi connectivity index (χ3v) is 0.616. The molecule has 0 bridgehead atoms. The van der Waals surface area contributed by atoms with E-state index >= 15 is 0 Å². The number of aromatic nitrogens is 2. The number of H-pyrrole nitrogens is 1. The van der Waals surface area contributed by atoms with Crippen LogP contribution in [0.15, 0.2) is 12.4 Å². The van der Waals surface area contributed by atoms with Crippen LogP contribution in [-0.2, 0) is 0 Å². The number of nitrogens with one attached hydrogen (secondary N) is 1. The van der Waals surface area contributed by atoms with Gasteiger partial charge in [0.2, 0.25) is 0 Å². The number of carbonyl (C=O) groups excluding carboxylic acids is 1. The maximum absolute atomic E-state index is 10.1. The molecule has 0 amide bonds. The lowest BCUT2D eigenvalue weighted by Gasteiger charge is -1.63. The SMILES string of the molecule is [2H]C(=O)c1cn[nH]c1. The molecular weight excluding hydrogens is 92.1 g/mol. The van der Waals surface area contributed by atoms with Crippen molar-refractivity contribution in [1.29, 1.82) is 0 Å². The first-order valence-electron chi connectivity index (χ1n) is 2.30. The summed E-state index contributed by atoms with van der Waals surface area (Å²) in [6, 6.07) is 0. The van der Waals surface area contributed by atoms with Crippen molar-refractivity contribution in [1.82, 2.24) is 10.2 Å². The Balaban J connectivity index is 2.93. The molecule has 1 heterocycles. The standard InChI is InChI=1S/C4H4N2O/c7-3-4-1-5-6-2-4/h1-3H,(H,5,6)/i3D. The smallest absolute Gasteiger partial charge is 0.153 e. The molecule has 1 aromatic rings.